The molecule has 3 heteroatoms. The lowest BCUT2D eigenvalue weighted by Crippen LogP contribution is -2.73. The molecule has 0 aromatic heterocycles. The molecule has 0 fully saturated rings. The molecule has 3 N–H and O–H groups in total. The van der Waals surface area contributed by atoms with Gasteiger partial charge >= 0.3 is 0 Å². The van der Waals surface area contributed by atoms with Gasteiger partial charge in [-0.15, -0.1) is 0 Å². The Morgan fingerprint density at radius 1 is 1.04 bits per heavy atom. The molecule has 0 atom stereocenters. The van der Waals surface area contributed by atoms with E-state index >= 15 is 0 Å². The second-order valence-electron chi connectivity index (χ2n) is 5.00. The number of nitrogens with two attached hydrogens (primary N) is 1. The number of nitrogens with zero attached hydrogens (tertiary/aromatic N) is 1. The summed E-state index contributed by atoms with van der Waals surface area (Å²) in [5.74, 6) is 0. The Kier molecular flexibility index (Phi) is 8.55. The van der Waals surface area contributed by atoms with Crippen LogP contribution in [0, 0.1) is 0 Å². The number of rotatable bonds is 6. The summed E-state index contributed by atoms with van der Waals surface area (Å²) in [6.45, 7) is 4.89. The van der Waals surface area contributed by atoms with Gasteiger partial charge in [-0.2, -0.15) is 0 Å². The van der Waals surface area contributed by atoms with Crippen molar-refractivity contribution in [3.8, 4) is 0 Å². The molecule has 0 amide bonds. The maximum Gasteiger partial charge on any atom is 0.152 e. The summed E-state index contributed by atoms with van der Waals surface area (Å²) in [4.78, 5) is 2.26. The summed E-state index contributed by atoms with van der Waals surface area (Å²) in [5, 5.41) is 5.27. The van der Waals surface area contributed by atoms with E-state index in [4.69, 9.17) is 0 Å². The second-order valence-corrected chi connectivity index (χ2v) is 5.00. The van der Waals surface area contributed by atoms with Crippen LogP contribution >= 0.6 is 0 Å². The van der Waals surface area contributed by atoms with Gasteiger partial charge in [-0.25, -0.2) is 0 Å². The largest absolute Gasteiger partial charge is 0.388 e. The summed E-state index contributed by atoms with van der Waals surface area (Å²) in [7, 11) is 6.13. The van der Waals surface area contributed by atoms with Crippen molar-refractivity contribution in [2.75, 3.05) is 37.9 Å². The Balaban J connectivity index is 0.00000127. The van der Waals surface area contributed by atoms with Crippen LogP contribution in [0.2, 0.25) is 0 Å². The van der Waals surface area contributed by atoms with Crippen LogP contribution in [0.1, 0.15) is 19.4 Å². The molecule has 0 aliphatic carbocycles. The maximum absolute atomic E-state index is 3.13. The highest BCUT2D eigenvalue weighted by atomic mass is 15.1. The van der Waals surface area contributed by atoms with Gasteiger partial charge in [-0.1, -0.05) is 50.3 Å². The first kappa shape index (κ1) is 18.8. The lowest BCUT2D eigenvalue weighted by Gasteiger charge is -2.18. The van der Waals surface area contributed by atoms with Crippen molar-refractivity contribution >= 4 is 23.1 Å². The van der Waals surface area contributed by atoms with E-state index in [2.05, 4.69) is 90.3 Å². The van der Waals surface area contributed by atoms with Gasteiger partial charge in [0.2, 0.25) is 0 Å². The van der Waals surface area contributed by atoms with Crippen LogP contribution in [-0.2, 0) is 0 Å². The lowest BCUT2D eigenvalue weighted by molar-refractivity contribution is -0.538. The standard InChI is InChI=1S/C18H23N3.C2H6/c1-19-16-12-10-15(11-13-16)7-6-14-21(3)18-9-5-4-8-17(18)20-2;1-2/h4-13,19-20H,14H2,1-3H3;1-2H3/p+1/b7-6+;. The minimum Gasteiger partial charge on any atom is -0.388 e. The van der Waals surface area contributed by atoms with Gasteiger partial charge in [-0.3, -0.25) is 0 Å². The lowest BCUT2D eigenvalue weighted by atomic mass is 10.2. The maximum atomic E-state index is 3.13. The predicted octanol–water partition coefficient (Wildman–Crippen LogP) is 3.73. The zero-order chi connectivity index (χ0) is 17.1. The average Bonchev–Trinajstić information content (AvgIpc) is 2.63. The fourth-order valence-electron chi connectivity index (χ4n) is 2.29. The number of para-hydroxylation sites is 2. The molecule has 0 unspecified atom stereocenters. The number of anilines is 2. The molecule has 2 rings (SSSR count). The monoisotopic (exact) mass is 312 g/mol. The van der Waals surface area contributed by atoms with Crippen molar-refractivity contribution in [2.45, 2.75) is 13.8 Å². The van der Waals surface area contributed by atoms with Crippen molar-refractivity contribution in [3.05, 3.63) is 60.2 Å². The van der Waals surface area contributed by atoms with Gasteiger partial charge in [0.25, 0.3) is 0 Å². The minimum atomic E-state index is 0.888. The van der Waals surface area contributed by atoms with Crippen LogP contribution in [0.5, 0.6) is 0 Å². The molecule has 124 valence electrons. The summed E-state index contributed by atoms with van der Waals surface area (Å²) in [5.41, 5.74) is 4.89. The molecule has 0 spiro atoms. The van der Waals surface area contributed by atoms with Gasteiger partial charge in [-0.05, 0) is 23.8 Å². The zero-order valence-electron chi connectivity index (χ0n) is 15.0. The number of likely N-dealkylation sites (N-methyl/N-ethyl adjacent to an activating group) is 1. The van der Waals surface area contributed by atoms with Crippen LogP contribution in [0.3, 0.4) is 0 Å². The first-order valence-electron chi connectivity index (χ1n) is 8.28. The van der Waals surface area contributed by atoms with E-state index in [1.165, 1.54) is 16.9 Å². The minimum absolute atomic E-state index is 0.888. The van der Waals surface area contributed by atoms with Crippen molar-refractivity contribution in [1.29, 1.82) is 0 Å². The Hall–Kier alpha value is -2.26. The molecule has 0 bridgehead atoms. The Bertz CT molecular complexity index is 588. The van der Waals surface area contributed by atoms with Crippen LogP contribution in [0.25, 0.3) is 6.08 Å². The third kappa shape index (κ3) is 5.80. The molecule has 2 aromatic rings. The van der Waals surface area contributed by atoms with Gasteiger partial charge in [0, 0.05) is 32.4 Å². The fraction of sp³-hybridized carbons (Fsp3) is 0.300. The molecule has 0 radical (unpaired) electrons. The third-order valence-electron chi connectivity index (χ3n) is 3.55. The number of quaternary nitrogens is 1. The number of hydrogen-bond acceptors (Lipinski definition) is 2. The molecule has 0 saturated carbocycles. The summed E-state index contributed by atoms with van der Waals surface area (Å²) in [6.07, 6.45) is 4.36. The molecule has 23 heavy (non-hydrogen) atoms. The highest BCUT2D eigenvalue weighted by Gasteiger charge is 2.06. The van der Waals surface area contributed by atoms with Crippen LogP contribution < -0.4 is 15.5 Å². The van der Waals surface area contributed by atoms with Crippen molar-refractivity contribution in [1.82, 2.24) is 0 Å². The highest BCUT2D eigenvalue weighted by molar-refractivity contribution is 5.63. The van der Waals surface area contributed by atoms with Crippen LogP contribution in [-0.4, -0.2) is 27.7 Å². The van der Waals surface area contributed by atoms with E-state index in [0.29, 0.717) is 0 Å². The fourth-order valence-corrected chi connectivity index (χ4v) is 2.29. The SMILES string of the molecule is CC.CNc1ccc(/C=C/CN(C)c2ccccc2[NH2+]C)cc1. The quantitative estimate of drug-likeness (QED) is 0.797. The van der Waals surface area contributed by atoms with Gasteiger partial charge in [0.15, 0.2) is 5.69 Å². The van der Waals surface area contributed by atoms with Crippen molar-refractivity contribution < 1.29 is 5.32 Å². The van der Waals surface area contributed by atoms with Gasteiger partial charge < -0.3 is 15.5 Å². The summed E-state index contributed by atoms with van der Waals surface area (Å²) < 4.78 is 0. The van der Waals surface area contributed by atoms with E-state index in [1.54, 1.807) is 0 Å². The molecular formula is C20H30N3+. The van der Waals surface area contributed by atoms with E-state index < -0.39 is 0 Å². The first-order chi connectivity index (χ1) is 11.2. The predicted molar refractivity (Wildman–Crippen MR) is 104 cm³/mol. The number of hydrogen-bond donors (Lipinski definition) is 2. The van der Waals surface area contributed by atoms with Crippen LogP contribution in [0.15, 0.2) is 54.6 Å². The Morgan fingerprint density at radius 3 is 2.30 bits per heavy atom. The number of nitrogens with one attached hydrogen (secondary N) is 1. The summed E-state index contributed by atoms with van der Waals surface area (Å²) >= 11 is 0. The Labute approximate surface area is 141 Å². The average molecular weight is 312 g/mol. The molecule has 2 aromatic carbocycles. The molecule has 3 nitrogen and oxygen atoms in total. The van der Waals surface area contributed by atoms with E-state index in [9.17, 15) is 0 Å². The molecule has 0 aliphatic rings. The third-order valence-corrected chi connectivity index (χ3v) is 3.55. The molecule has 0 heterocycles. The van der Waals surface area contributed by atoms with E-state index in [0.717, 1.165) is 12.2 Å². The zero-order valence-corrected chi connectivity index (χ0v) is 15.0. The van der Waals surface area contributed by atoms with E-state index in [1.807, 2.05) is 20.9 Å². The second kappa shape index (κ2) is 10.5. The van der Waals surface area contributed by atoms with Gasteiger partial charge in [0.05, 0.1) is 12.7 Å². The van der Waals surface area contributed by atoms with E-state index in [-0.39, 0.29) is 0 Å². The highest BCUT2D eigenvalue weighted by Crippen LogP contribution is 2.20. The smallest absolute Gasteiger partial charge is 0.152 e. The summed E-state index contributed by atoms with van der Waals surface area (Å²) in [6, 6.07) is 16.9. The normalized spacial score (nSPS) is 10.1. The first-order valence-corrected chi connectivity index (χ1v) is 8.28. The topological polar surface area (TPSA) is 31.9 Å². The molecule has 0 aliphatic heterocycles. The molecular weight excluding hydrogens is 282 g/mol. The molecule has 0 saturated heterocycles. The Morgan fingerprint density at radius 2 is 1.70 bits per heavy atom. The van der Waals surface area contributed by atoms with Crippen molar-refractivity contribution in [2.24, 2.45) is 0 Å². The van der Waals surface area contributed by atoms with Crippen molar-refractivity contribution in [3.63, 3.8) is 0 Å². The van der Waals surface area contributed by atoms with Crippen LogP contribution in [0.4, 0.5) is 17.1 Å². The number of benzene rings is 2. The van der Waals surface area contributed by atoms with Gasteiger partial charge in [0.1, 0.15) is 0 Å².